The van der Waals surface area contributed by atoms with Crippen LogP contribution in [0.15, 0.2) is 47.4 Å². The SMILES string of the molecule is COc1ccc(CN2CCC([C@@H](c3ccsc3)N3CCN(C4(C)CCN(C(=O)c5c(C)ncnc5C)CC4)C[C@@H]3C)CC2)cc1. The monoisotopic (exact) mass is 630 g/mol. The molecule has 0 saturated carbocycles. The summed E-state index contributed by atoms with van der Waals surface area (Å²) >= 11 is 1.83. The van der Waals surface area contributed by atoms with Gasteiger partial charge in [-0.25, -0.2) is 9.97 Å². The number of amides is 1. The molecule has 6 rings (SSSR count). The summed E-state index contributed by atoms with van der Waals surface area (Å²) in [5.74, 6) is 1.67. The summed E-state index contributed by atoms with van der Waals surface area (Å²) in [4.78, 5) is 32.2. The highest BCUT2D eigenvalue weighted by atomic mass is 32.1. The van der Waals surface area contributed by atoms with Gasteiger partial charge in [-0.3, -0.25) is 19.5 Å². The Morgan fingerprint density at radius 2 is 1.69 bits per heavy atom. The van der Waals surface area contributed by atoms with E-state index in [0.717, 1.165) is 82.3 Å². The Kier molecular flexibility index (Phi) is 9.90. The number of nitrogens with zero attached hydrogens (tertiary/aromatic N) is 6. The van der Waals surface area contributed by atoms with E-state index >= 15 is 0 Å². The molecule has 2 aromatic heterocycles. The average molecular weight is 631 g/mol. The van der Waals surface area contributed by atoms with Gasteiger partial charge in [-0.2, -0.15) is 11.3 Å². The number of methoxy groups -OCH3 is 1. The van der Waals surface area contributed by atoms with Gasteiger partial charge in [-0.05, 0) is 112 Å². The minimum absolute atomic E-state index is 0.0829. The zero-order chi connectivity index (χ0) is 31.6. The standard InChI is InChI=1S/C36H50N6O2S/c1-26-22-41(36(4)13-17-40(18-14-36)35(43)33-27(2)37-25-38-28(33)3)19-20-42(26)34(31-12-21-45-24-31)30-10-15-39(16-11-30)23-29-6-8-32(44-5)9-7-29/h6-9,12,21,24-26,30,34H,10-11,13-20,22-23H2,1-5H3/t26-,34-/m0/s1. The lowest BCUT2D eigenvalue weighted by molar-refractivity contribution is -0.0438. The first-order chi connectivity index (χ1) is 21.8. The van der Waals surface area contributed by atoms with Crippen molar-refractivity contribution in [2.45, 2.75) is 77.5 Å². The van der Waals surface area contributed by atoms with Gasteiger partial charge in [0.25, 0.3) is 5.91 Å². The summed E-state index contributed by atoms with van der Waals surface area (Å²) in [5.41, 5.74) is 5.19. The Bertz CT molecular complexity index is 1390. The number of thiophene rings is 1. The third kappa shape index (κ3) is 6.97. The largest absolute Gasteiger partial charge is 0.497 e. The molecular weight excluding hydrogens is 581 g/mol. The smallest absolute Gasteiger partial charge is 0.257 e. The van der Waals surface area contributed by atoms with Crippen LogP contribution >= 0.6 is 11.3 Å². The van der Waals surface area contributed by atoms with Crippen molar-refractivity contribution >= 4 is 17.2 Å². The normalized spacial score (nSPS) is 22.8. The lowest BCUT2D eigenvalue weighted by Gasteiger charge is -2.54. The summed E-state index contributed by atoms with van der Waals surface area (Å²) in [7, 11) is 1.72. The maximum atomic E-state index is 13.4. The van der Waals surface area contributed by atoms with Crippen molar-refractivity contribution in [2.75, 3.05) is 52.9 Å². The molecule has 0 radical (unpaired) electrons. The van der Waals surface area contributed by atoms with E-state index in [-0.39, 0.29) is 11.4 Å². The van der Waals surface area contributed by atoms with E-state index < -0.39 is 0 Å². The molecule has 3 aliphatic heterocycles. The van der Waals surface area contributed by atoms with Crippen LogP contribution < -0.4 is 4.74 Å². The van der Waals surface area contributed by atoms with Crippen LogP contribution in [0, 0.1) is 19.8 Å². The van der Waals surface area contributed by atoms with Gasteiger partial charge in [0, 0.05) is 56.9 Å². The second-order valence-electron chi connectivity index (χ2n) is 13.7. The molecule has 5 heterocycles. The quantitative estimate of drug-likeness (QED) is 0.311. The van der Waals surface area contributed by atoms with Crippen LogP contribution in [0.2, 0.25) is 0 Å². The number of hydrogen-bond donors (Lipinski definition) is 0. The molecule has 0 N–H and O–H groups in total. The third-order valence-electron chi connectivity index (χ3n) is 10.9. The van der Waals surface area contributed by atoms with E-state index in [9.17, 15) is 4.79 Å². The number of likely N-dealkylation sites (tertiary alicyclic amines) is 2. The van der Waals surface area contributed by atoms with Gasteiger partial charge in [-0.15, -0.1) is 0 Å². The van der Waals surface area contributed by atoms with Crippen LogP contribution in [0.1, 0.15) is 78.4 Å². The van der Waals surface area contributed by atoms with Crippen molar-refractivity contribution in [2.24, 2.45) is 5.92 Å². The second kappa shape index (κ2) is 13.9. The molecule has 0 bridgehead atoms. The molecule has 242 valence electrons. The molecule has 1 aromatic carbocycles. The van der Waals surface area contributed by atoms with Crippen molar-refractivity contribution < 1.29 is 9.53 Å². The maximum Gasteiger partial charge on any atom is 0.257 e. The Labute approximate surface area is 273 Å². The maximum absolute atomic E-state index is 13.4. The van der Waals surface area contributed by atoms with Crippen molar-refractivity contribution in [1.29, 1.82) is 0 Å². The summed E-state index contributed by atoms with van der Waals surface area (Å²) in [6.07, 6.45) is 6.01. The molecule has 3 aromatic rings. The van der Waals surface area contributed by atoms with E-state index in [1.165, 1.54) is 24.0 Å². The molecule has 3 saturated heterocycles. The Morgan fingerprint density at radius 1 is 1.00 bits per heavy atom. The van der Waals surface area contributed by atoms with Gasteiger partial charge in [0.15, 0.2) is 0 Å². The number of hydrogen-bond acceptors (Lipinski definition) is 8. The molecule has 9 heteroatoms. The van der Waals surface area contributed by atoms with Crippen LogP contribution in [0.3, 0.4) is 0 Å². The number of piperidine rings is 2. The predicted octanol–water partition coefficient (Wildman–Crippen LogP) is 5.82. The highest BCUT2D eigenvalue weighted by Crippen LogP contribution is 2.40. The van der Waals surface area contributed by atoms with E-state index in [0.29, 0.717) is 23.6 Å². The lowest BCUT2D eigenvalue weighted by Crippen LogP contribution is -2.62. The topological polar surface area (TPSA) is 65.0 Å². The van der Waals surface area contributed by atoms with Gasteiger partial charge in [0.1, 0.15) is 12.1 Å². The highest BCUT2D eigenvalue weighted by molar-refractivity contribution is 7.08. The van der Waals surface area contributed by atoms with Gasteiger partial charge in [-0.1, -0.05) is 12.1 Å². The minimum Gasteiger partial charge on any atom is -0.497 e. The fraction of sp³-hybridized carbons (Fsp3) is 0.583. The Balaban J connectivity index is 1.06. The molecule has 1 amide bonds. The van der Waals surface area contributed by atoms with E-state index in [4.69, 9.17) is 4.74 Å². The van der Waals surface area contributed by atoms with Crippen LogP contribution in [0.25, 0.3) is 0 Å². The van der Waals surface area contributed by atoms with Gasteiger partial charge in [0.05, 0.1) is 24.1 Å². The van der Waals surface area contributed by atoms with E-state index in [2.05, 4.69) is 79.6 Å². The molecule has 2 atom stereocenters. The molecular formula is C36H50N6O2S. The van der Waals surface area contributed by atoms with Crippen LogP contribution in [-0.2, 0) is 6.54 Å². The molecule has 3 fully saturated rings. The molecule has 0 spiro atoms. The zero-order valence-electron chi connectivity index (χ0n) is 27.7. The van der Waals surface area contributed by atoms with Crippen molar-refractivity contribution in [3.63, 3.8) is 0 Å². The summed E-state index contributed by atoms with van der Waals surface area (Å²) < 4.78 is 5.34. The van der Waals surface area contributed by atoms with Gasteiger partial charge in [0.2, 0.25) is 0 Å². The van der Waals surface area contributed by atoms with Crippen molar-refractivity contribution in [1.82, 2.24) is 29.6 Å². The second-order valence-corrected chi connectivity index (χ2v) is 14.5. The van der Waals surface area contributed by atoms with Gasteiger partial charge < -0.3 is 9.64 Å². The molecule has 45 heavy (non-hydrogen) atoms. The highest BCUT2D eigenvalue weighted by Gasteiger charge is 2.43. The number of carbonyl (C=O) groups excluding carboxylic acids is 1. The van der Waals surface area contributed by atoms with Crippen LogP contribution in [-0.4, -0.2) is 100.0 Å². The first-order valence-corrected chi connectivity index (χ1v) is 17.7. The minimum atomic E-state index is 0.0829. The molecule has 0 aliphatic carbocycles. The lowest BCUT2D eigenvalue weighted by atomic mass is 9.83. The number of aryl methyl sites for hydroxylation is 2. The van der Waals surface area contributed by atoms with Crippen molar-refractivity contribution in [3.05, 3.63) is 75.5 Å². The van der Waals surface area contributed by atoms with Crippen LogP contribution in [0.5, 0.6) is 5.75 Å². The first kappa shape index (κ1) is 32.1. The molecule has 0 unspecified atom stereocenters. The predicted molar refractivity (Wildman–Crippen MR) is 181 cm³/mol. The number of carbonyl (C=O) groups is 1. The van der Waals surface area contributed by atoms with E-state index in [1.54, 1.807) is 13.4 Å². The fourth-order valence-electron chi connectivity index (χ4n) is 8.04. The Hall–Kier alpha value is -2.85. The third-order valence-corrected chi connectivity index (χ3v) is 11.6. The number of ether oxygens (including phenoxy) is 1. The fourth-order valence-corrected chi connectivity index (χ4v) is 8.73. The summed E-state index contributed by atoms with van der Waals surface area (Å²) in [5, 5.41) is 4.64. The molecule has 3 aliphatic rings. The van der Waals surface area contributed by atoms with Crippen LogP contribution in [0.4, 0.5) is 0 Å². The van der Waals surface area contributed by atoms with Gasteiger partial charge >= 0.3 is 0 Å². The Morgan fingerprint density at radius 3 is 2.29 bits per heavy atom. The molecule has 8 nitrogen and oxygen atoms in total. The number of piperazine rings is 1. The summed E-state index contributed by atoms with van der Waals surface area (Å²) in [6.45, 7) is 16.8. The van der Waals surface area contributed by atoms with E-state index in [1.807, 2.05) is 30.1 Å². The summed E-state index contributed by atoms with van der Waals surface area (Å²) in [6, 6.07) is 11.9. The average Bonchev–Trinajstić information content (AvgIpc) is 3.58. The zero-order valence-corrected chi connectivity index (χ0v) is 28.6. The number of aromatic nitrogens is 2. The number of benzene rings is 1. The van der Waals surface area contributed by atoms with Crippen molar-refractivity contribution in [3.8, 4) is 5.75 Å². The first-order valence-electron chi connectivity index (χ1n) is 16.7. The number of rotatable bonds is 8.